The van der Waals surface area contributed by atoms with Gasteiger partial charge in [0.1, 0.15) is 18.1 Å². The molecule has 1 N–H and O–H groups in total. The van der Waals surface area contributed by atoms with Crippen molar-refractivity contribution in [2.24, 2.45) is 0 Å². The highest BCUT2D eigenvalue weighted by Crippen LogP contribution is 2.26. The van der Waals surface area contributed by atoms with Gasteiger partial charge in [-0.3, -0.25) is 14.2 Å². The number of hydrogen-bond acceptors (Lipinski definition) is 5. The van der Waals surface area contributed by atoms with Crippen molar-refractivity contribution in [3.8, 4) is 5.75 Å². The highest BCUT2D eigenvalue weighted by atomic mass is 16.5. The maximum Gasteiger partial charge on any atom is 0.263 e. The molecule has 7 nitrogen and oxygen atoms in total. The van der Waals surface area contributed by atoms with Crippen molar-refractivity contribution in [3.63, 3.8) is 0 Å². The van der Waals surface area contributed by atoms with Crippen molar-refractivity contribution in [2.75, 3.05) is 11.9 Å². The molecule has 0 aliphatic heterocycles. The summed E-state index contributed by atoms with van der Waals surface area (Å²) in [6, 6.07) is 8.50. The number of carbonyl (C=O) groups is 1. The number of aromatic nitrogens is 3. The predicted molar refractivity (Wildman–Crippen MR) is 116 cm³/mol. The number of amides is 1. The Labute approximate surface area is 175 Å². The molecule has 1 unspecified atom stereocenters. The molecule has 156 valence electrons. The van der Waals surface area contributed by atoms with Gasteiger partial charge in [-0.25, -0.2) is 9.97 Å². The van der Waals surface area contributed by atoms with Crippen LogP contribution in [0.15, 0.2) is 41.5 Å². The van der Waals surface area contributed by atoms with Crippen LogP contribution in [0.4, 0.5) is 5.69 Å². The average Bonchev–Trinajstić information content (AvgIpc) is 2.76. The number of rotatable bonds is 6. The van der Waals surface area contributed by atoms with Gasteiger partial charge < -0.3 is 10.1 Å². The number of nitrogens with one attached hydrogen (secondary N) is 1. The summed E-state index contributed by atoms with van der Waals surface area (Å²) in [6.07, 6.45) is 5.97. The number of carbonyl (C=O) groups excluding carboxylic acids is 1. The SMILES string of the molecule is CCOc1ccccc1NC(=O)C(CC)n1cnc2nc3c(cc2c1=O)CCCC3. The van der Waals surface area contributed by atoms with Gasteiger partial charge >= 0.3 is 0 Å². The lowest BCUT2D eigenvalue weighted by Crippen LogP contribution is -2.33. The summed E-state index contributed by atoms with van der Waals surface area (Å²) in [5.41, 5.74) is 2.96. The first-order valence-electron chi connectivity index (χ1n) is 10.5. The van der Waals surface area contributed by atoms with E-state index in [1.165, 1.54) is 10.9 Å². The van der Waals surface area contributed by atoms with Crippen LogP contribution in [0.25, 0.3) is 11.0 Å². The van der Waals surface area contributed by atoms with Gasteiger partial charge in [-0.2, -0.15) is 0 Å². The lowest BCUT2D eigenvalue weighted by Gasteiger charge is -2.20. The quantitative estimate of drug-likeness (QED) is 0.675. The van der Waals surface area contributed by atoms with Gasteiger partial charge in [0, 0.05) is 5.69 Å². The van der Waals surface area contributed by atoms with E-state index in [0.717, 1.165) is 36.9 Å². The van der Waals surface area contributed by atoms with Gasteiger partial charge in [0.05, 0.1) is 17.7 Å². The minimum atomic E-state index is -0.680. The van der Waals surface area contributed by atoms with Gasteiger partial charge in [-0.15, -0.1) is 0 Å². The van der Waals surface area contributed by atoms with E-state index in [0.29, 0.717) is 35.5 Å². The van der Waals surface area contributed by atoms with Crippen molar-refractivity contribution >= 4 is 22.6 Å². The third-order valence-corrected chi connectivity index (χ3v) is 5.52. The molecule has 0 saturated heterocycles. The molecule has 0 spiro atoms. The molecule has 0 radical (unpaired) electrons. The first-order valence-corrected chi connectivity index (χ1v) is 10.5. The Bertz CT molecular complexity index is 1140. The molecule has 3 aromatic rings. The maximum absolute atomic E-state index is 13.2. The number of nitrogens with zero attached hydrogens (tertiary/aromatic N) is 3. The lowest BCUT2D eigenvalue weighted by molar-refractivity contribution is -0.119. The molecule has 0 bridgehead atoms. The fraction of sp³-hybridized carbons (Fsp3) is 0.391. The van der Waals surface area contributed by atoms with Crippen LogP contribution in [0.1, 0.15) is 50.4 Å². The molecule has 1 atom stereocenters. The molecule has 4 rings (SSSR count). The Hall–Kier alpha value is -3.22. The third-order valence-electron chi connectivity index (χ3n) is 5.52. The number of aryl methyl sites for hydroxylation is 2. The monoisotopic (exact) mass is 406 g/mol. The summed E-state index contributed by atoms with van der Waals surface area (Å²) in [7, 11) is 0. The summed E-state index contributed by atoms with van der Waals surface area (Å²) in [5.74, 6) is 0.321. The Morgan fingerprint density at radius 1 is 1.23 bits per heavy atom. The van der Waals surface area contributed by atoms with Gasteiger partial charge in [0.25, 0.3) is 5.56 Å². The number of benzene rings is 1. The topological polar surface area (TPSA) is 86.1 Å². The van der Waals surface area contributed by atoms with Crippen LogP contribution in [0.5, 0.6) is 5.75 Å². The zero-order valence-corrected chi connectivity index (χ0v) is 17.4. The normalized spacial score (nSPS) is 14.2. The van der Waals surface area contributed by atoms with Gasteiger partial charge in [-0.1, -0.05) is 19.1 Å². The number of para-hydroxylation sites is 2. The van der Waals surface area contributed by atoms with Gasteiger partial charge in [0.15, 0.2) is 5.65 Å². The van der Waals surface area contributed by atoms with E-state index >= 15 is 0 Å². The third kappa shape index (κ3) is 3.79. The predicted octanol–water partition coefficient (Wildman–Crippen LogP) is 3.66. The zero-order chi connectivity index (χ0) is 21.1. The number of ether oxygens (including phenoxy) is 1. The minimum absolute atomic E-state index is 0.235. The second kappa shape index (κ2) is 8.65. The summed E-state index contributed by atoms with van der Waals surface area (Å²) in [6.45, 7) is 4.26. The second-order valence-corrected chi connectivity index (χ2v) is 7.47. The van der Waals surface area contributed by atoms with E-state index in [1.54, 1.807) is 12.1 Å². The van der Waals surface area contributed by atoms with Crippen LogP contribution < -0.4 is 15.6 Å². The maximum atomic E-state index is 13.2. The smallest absolute Gasteiger partial charge is 0.263 e. The second-order valence-electron chi connectivity index (χ2n) is 7.47. The van der Waals surface area contributed by atoms with Crippen molar-refractivity contribution in [2.45, 2.75) is 52.0 Å². The Balaban J connectivity index is 1.68. The molecule has 1 aromatic carbocycles. The molecule has 1 amide bonds. The standard InChI is InChI=1S/C23H26N4O3/c1-3-19(22(28)26-18-11-7-8-12-20(18)30-4-2)27-14-24-21-16(23(27)29)13-15-9-5-6-10-17(15)25-21/h7-8,11-14,19H,3-6,9-10H2,1-2H3,(H,26,28). The number of anilines is 1. The fourth-order valence-corrected chi connectivity index (χ4v) is 3.98. The Morgan fingerprint density at radius 3 is 2.83 bits per heavy atom. The van der Waals surface area contributed by atoms with E-state index < -0.39 is 6.04 Å². The highest BCUT2D eigenvalue weighted by Gasteiger charge is 2.23. The minimum Gasteiger partial charge on any atom is -0.492 e. The molecule has 1 aliphatic rings. The molecular formula is C23H26N4O3. The summed E-state index contributed by atoms with van der Waals surface area (Å²) < 4.78 is 7.00. The summed E-state index contributed by atoms with van der Waals surface area (Å²) >= 11 is 0. The average molecular weight is 406 g/mol. The lowest BCUT2D eigenvalue weighted by atomic mass is 9.95. The number of fused-ring (bicyclic) bond motifs is 2. The van der Waals surface area contributed by atoms with Crippen LogP contribution in [0, 0.1) is 0 Å². The molecule has 2 heterocycles. The largest absolute Gasteiger partial charge is 0.492 e. The first-order chi connectivity index (χ1) is 14.6. The highest BCUT2D eigenvalue weighted by molar-refractivity contribution is 5.95. The zero-order valence-electron chi connectivity index (χ0n) is 17.4. The van der Waals surface area contributed by atoms with Crippen LogP contribution in [0.2, 0.25) is 0 Å². The van der Waals surface area contributed by atoms with Crippen molar-refractivity contribution in [1.82, 2.24) is 14.5 Å². The molecule has 0 saturated carbocycles. The van der Waals surface area contributed by atoms with Crippen LogP contribution in [-0.4, -0.2) is 27.0 Å². The van der Waals surface area contributed by atoms with Gasteiger partial charge in [0.2, 0.25) is 5.91 Å². The number of pyridine rings is 1. The molecule has 2 aromatic heterocycles. The van der Waals surface area contributed by atoms with Crippen molar-refractivity contribution in [1.29, 1.82) is 0 Å². The van der Waals surface area contributed by atoms with Crippen LogP contribution in [-0.2, 0) is 17.6 Å². The summed E-state index contributed by atoms with van der Waals surface area (Å²) in [4.78, 5) is 35.3. The van der Waals surface area contributed by atoms with Gasteiger partial charge in [-0.05, 0) is 62.8 Å². The van der Waals surface area contributed by atoms with E-state index in [1.807, 2.05) is 32.0 Å². The number of hydrogen-bond donors (Lipinski definition) is 1. The van der Waals surface area contributed by atoms with E-state index in [-0.39, 0.29) is 11.5 Å². The van der Waals surface area contributed by atoms with Crippen LogP contribution >= 0.6 is 0 Å². The summed E-state index contributed by atoms with van der Waals surface area (Å²) in [5, 5.41) is 3.37. The first kappa shape index (κ1) is 20.1. The van der Waals surface area contributed by atoms with E-state index in [4.69, 9.17) is 4.74 Å². The van der Waals surface area contributed by atoms with E-state index in [2.05, 4.69) is 15.3 Å². The Morgan fingerprint density at radius 2 is 2.03 bits per heavy atom. The molecule has 1 aliphatic carbocycles. The molecule has 30 heavy (non-hydrogen) atoms. The van der Waals surface area contributed by atoms with Crippen molar-refractivity contribution < 1.29 is 9.53 Å². The van der Waals surface area contributed by atoms with Crippen molar-refractivity contribution in [3.05, 3.63) is 58.3 Å². The fourth-order valence-electron chi connectivity index (χ4n) is 3.98. The molecule has 0 fully saturated rings. The molecular weight excluding hydrogens is 380 g/mol. The molecule has 7 heteroatoms. The van der Waals surface area contributed by atoms with E-state index in [9.17, 15) is 9.59 Å². The van der Waals surface area contributed by atoms with Crippen LogP contribution in [0.3, 0.4) is 0 Å². The Kier molecular flexibility index (Phi) is 5.79.